The topological polar surface area (TPSA) is 143 Å². The van der Waals surface area contributed by atoms with Crippen LogP contribution in [0.1, 0.15) is 60.6 Å². The number of aromatic hydroxyl groups is 1. The maximum atomic E-state index is 12.0. The maximum Gasteiger partial charge on any atom is 0.412 e. The number of hydrogen-bond donors (Lipinski definition) is 4. The quantitative estimate of drug-likeness (QED) is 0.456. The Morgan fingerprint density at radius 3 is 2.88 bits per heavy atom. The summed E-state index contributed by atoms with van der Waals surface area (Å²) in [5.41, 5.74) is 1.63. The van der Waals surface area contributed by atoms with Gasteiger partial charge in [0.05, 0.1) is 12.2 Å². The fourth-order valence-corrected chi connectivity index (χ4v) is 3.71. The normalized spacial score (nSPS) is 17.7. The summed E-state index contributed by atoms with van der Waals surface area (Å²) in [7, 11) is 0. The van der Waals surface area contributed by atoms with Crippen LogP contribution in [0.2, 0.25) is 0 Å². The molecule has 0 bridgehead atoms. The molecule has 3 rings (SSSR count). The number of ether oxygens (including phenoxy) is 2. The molecular weight excluding hydrogens is 416 g/mol. The number of hydrogen-bond acceptors (Lipinski definition) is 7. The van der Waals surface area contributed by atoms with Crippen LogP contribution in [0.5, 0.6) is 5.75 Å². The molecule has 2 aromatic rings. The summed E-state index contributed by atoms with van der Waals surface area (Å²) >= 11 is 0. The number of anilines is 1. The predicted molar refractivity (Wildman–Crippen MR) is 116 cm³/mol. The number of nitrogens with zero attached hydrogens (tertiary/aromatic N) is 1. The summed E-state index contributed by atoms with van der Waals surface area (Å²) in [5.74, 6) is 0.377. The fourth-order valence-electron chi connectivity index (χ4n) is 3.71. The number of carbonyl (C=O) groups is 3. The molecular formula is C22H28N4O6. The Morgan fingerprint density at radius 1 is 1.31 bits per heavy atom. The van der Waals surface area contributed by atoms with Crippen LogP contribution in [0.15, 0.2) is 24.3 Å². The van der Waals surface area contributed by atoms with Gasteiger partial charge in [-0.1, -0.05) is 12.1 Å². The number of nitrogens with one attached hydrogen (secondary N) is 3. The highest BCUT2D eigenvalue weighted by Crippen LogP contribution is 2.35. The number of phenolic OH excluding ortho intramolecular Hbond substituents is 1. The second-order valence-electron chi connectivity index (χ2n) is 8.02. The Bertz CT molecular complexity index is 958. The third kappa shape index (κ3) is 6.22. The summed E-state index contributed by atoms with van der Waals surface area (Å²) in [5, 5.41) is 22.0. The Labute approximate surface area is 185 Å². The van der Waals surface area contributed by atoms with Crippen molar-refractivity contribution in [2.45, 2.75) is 57.6 Å². The molecule has 0 spiro atoms. The summed E-state index contributed by atoms with van der Waals surface area (Å²) in [6, 6.07) is 6.50. The molecule has 0 aliphatic heterocycles. The molecule has 1 aromatic carbocycles. The molecule has 2 atom stereocenters. The highest BCUT2D eigenvalue weighted by molar-refractivity contribution is 5.83. The molecule has 1 aromatic heterocycles. The van der Waals surface area contributed by atoms with Crippen molar-refractivity contribution in [3.05, 3.63) is 41.1 Å². The second kappa shape index (κ2) is 10.7. The van der Waals surface area contributed by atoms with E-state index >= 15 is 0 Å². The first-order valence-corrected chi connectivity index (χ1v) is 10.6. The number of aromatic amines is 1. The molecule has 0 radical (unpaired) electrons. The highest BCUT2D eigenvalue weighted by atomic mass is 16.6. The molecule has 172 valence electrons. The van der Waals surface area contributed by atoms with Crippen LogP contribution in [0, 0.1) is 0 Å². The van der Waals surface area contributed by atoms with Gasteiger partial charge in [0.2, 0.25) is 0 Å². The molecule has 10 heteroatoms. The molecule has 1 aliphatic rings. The minimum absolute atomic E-state index is 0.0209. The first kappa shape index (κ1) is 23.1. The Kier molecular flexibility index (Phi) is 7.69. The monoisotopic (exact) mass is 444 g/mol. The number of phenols is 1. The number of aldehydes is 1. The van der Waals surface area contributed by atoms with E-state index in [0.29, 0.717) is 24.1 Å². The lowest BCUT2D eigenvalue weighted by atomic mass is 10.0. The van der Waals surface area contributed by atoms with Gasteiger partial charge in [0.25, 0.3) is 0 Å². The number of rotatable bonds is 8. The van der Waals surface area contributed by atoms with Crippen molar-refractivity contribution in [1.29, 1.82) is 0 Å². The van der Waals surface area contributed by atoms with Gasteiger partial charge in [-0.15, -0.1) is 0 Å². The number of benzene rings is 1. The lowest BCUT2D eigenvalue weighted by Gasteiger charge is -2.14. The molecule has 1 aliphatic carbocycles. The minimum atomic E-state index is -0.672. The number of aromatic nitrogens is 2. The van der Waals surface area contributed by atoms with Gasteiger partial charge in [-0.25, -0.2) is 9.59 Å². The van der Waals surface area contributed by atoms with Crippen molar-refractivity contribution in [3.8, 4) is 5.75 Å². The van der Waals surface area contributed by atoms with Gasteiger partial charge in [-0.05, 0) is 44.7 Å². The zero-order valence-electron chi connectivity index (χ0n) is 18.1. The third-order valence-electron chi connectivity index (χ3n) is 5.23. The molecule has 0 saturated heterocycles. The van der Waals surface area contributed by atoms with E-state index in [1.807, 2.05) is 13.8 Å². The zero-order chi connectivity index (χ0) is 23.1. The molecule has 2 amide bonds. The molecule has 10 nitrogen and oxygen atoms in total. The first-order valence-electron chi connectivity index (χ1n) is 10.6. The van der Waals surface area contributed by atoms with E-state index in [0.717, 1.165) is 18.5 Å². The second-order valence-corrected chi connectivity index (χ2v) is 8.02. The van der Waals surface area contributed by atoms with E-state index in [4.69, 9.17) is 9.47 Å². The summed E-state index contributed by atoms with van der Waals surface area (Å²) in [6.45, 7) is 3.78. The van der Waals surface area contributed by atoms with Crippen LogP contribution in [0.25, 0.3) is 0 Å². The van der Waals surface area contributed by atoms with Crippen molar-refractivity contribution >= 4 is 24.3 Å². The van der Waals surface area contributed by atoms with Crippen LogP contribution in [-0.2, 0) is 15.9 Å². The van der Waals surface area contributed by atoms with Gasteiger partial charge in [0, 0.05) is 30.1 Å². The van der Waals surface area contributed by atoms with Crippen LogP contribution >= 0.6 is 0 Å². The molecule has 1 heterocycles. The van der Waals surface area contributed by atoms with E-state index in [1.54, 1.807) is 18.2 Å². The molecule has 1 fully saturated rings. The van der Waals surface area contributed by atoms with Crippen LogP contribution < -0.4 is 10.6 Å². The first-order chi connectivity index (χ1) is 15.4. The summed E-state index contributed by atoms with van der Waals surface area (Å²) < 4.78 is 10.6. The Hall–Kier alpha value is -3.56. The van der Waals surface area contributed by atoms with Crippen LogP contribution in [-0.4, -0.2) is 52.5 Å². The van der Waals surface area contributed by atoms with Crippen molar-refractivity contribution in [3.63, 3.8) is 0 Å². The van der Waals surface area contributed by atoms with E-state index in [2.05, 4.69) is 20.8 Å². The number of carbonyl (C=O) groups excluding carboxylic acids is 3. The van der Waals surface area contributed by atoms with Crippen molar-refractivity contribution in [2.24, 2.45) is 0 Å². The average molecular weight is 444 g/mol. The summed E-state index contributed by atoms with van der Waals surface area (Å²) in [4.78, 5) is 34.9. The predicted octanol–water partition coefficient (Wildman–Crippen LogP) is 3.49. The van der Waals surface area contributed by atoms with E-state index in [-0.39, 0.29) is 42.4 Å². The Morgan fingerprint density at radius 2 is 2.12 bits per heavy atom. The number of alkyl carbamates (subject to hydrolysis) is 1. The fraction of sp³-hybridized carbons (Fsp3) is 0.455. The van der Waals surface area contributed by atoms with Gasteiger partial charge < -0.3 is 19.9 Å². The smallest absolute Gasteiger partial charge is 0.412 e. The average Bonchev–Trinajstić information content (AvgIpc) is 3.37. The third-order valence-corrected chi connectivity index (χ3v) is 5.23. The van der Waals surface area contributed by atoms with Crippen molar-refractivity contribution < 1.29 is 29.0 Å². The number of amides is 2. The van der Waals surface area contributed by atoms with Gasteiger partial charge in [-0.3, -0.25) is 15.2 Å². The largest absolute Gasteiger partial charge is 0.507 e. The lowest BCUT2D eigenvalue weighted by molar-refractivity contribution is 0.0981. The minimum Gasteiger partial charge on any atom is -0.507 e. The van der Waals surface area contributed by atoms with Crippen LogP contribution in [0.4, 0.5) is 15.4 Å². The zero-order valence-corrected chi connectivity index (χ0v) is 18.1. The van der Waals surface area contributed by atoms with Gasteiger partial charge in [0.1, 0.15) is 11.9 Å². The standard InChI is InChI=1S/C22H28N4O6/c1-13(2)23-22(30)32-16-7-6-15(10-16)18-11-20(26-25-18)24-21(29)31-9-8-14-4-3-5-19(28)17(14)12-27/h3-5,11-13,15-16,28H,6-10H2,1-2H3,(H,23,30)(H2,24,25,26,29). The molecule has 32 heavy (non-hydrogen) atoms. The van der Waals surface area contributed by atoms with Crippen molar-refractivity contribution in [2.75, 3.05) is 11.9 Å². The molecule has 1 saturated carbocycles. The Balaban J connectivity index is 1.44. The highest BCUT2D eigenvalue weighted by Gasteiger charge is 2.30. The van der Waals surface area contributed by atoms with Crippen LogP contribution in [0.3, 0.4) is 0 Å². The van der Waals surface area contributed by atoms with Gasteiger partial charge in [0.15, 0.2) is 12.1 Å². The van der Waals surface area contributed by atoms with Crippen molar-refractivity contribution in [1.82, 2.24) is 15.5 Å². The maximum absolute atomic E-state index is 12.0. The SMILES string of the molecule is CC(C)NC(=O)OC1CCC(c2cc(NC(=O)OCCc3cccc(O)c3C=O)n[nH]2)C1. The van der Waals surface area contributed by atoms with E-state index in [1.165, 1.54) is 6.07 Å². The van der Waals surface area contributed by atoms with Gasteiger partial charge >= 0.3 is 12.2 Å². The molecule has 2 unspecified atom stereocenters. The molecule has 4 N–H and O–H groups in total. The van der Waals surface area contributed by atoms with E-state index in [9.17, 15) is 19.5 Å². The number of H-pyrrole nitrogens is 1. The lowest BCUT2D eigenvalue weighted by Crippen LogP contribution is -2.33. The van der Waals surface area contributed by atoms with E-state index < -0.39 is 12.2 Å². The summed E-state index contributed by atoms with van der Waals surface area (Å²) in [6.07, 6.45) is 1.91. The van der Waals surface area contributed by atoms with Gasteiger partial charge in [-0.2, -0.15) is 5.10 Å².